The van der Waals surface area contributed by atoms with E-state index in [1.807, 2.05) is 58.0 Å². The van der Waals surface area contributed by atoms with Crippen molar-refractivity contribution in [2.75, 3.05) is 23.2 Å². The molecule has 0 bridgehead atoms. The molecule has 2 atom stereocenters. The summed E-state index contributed by atoms with van der Waals surface area (Å²) in [4.78, 5) is 87.7. The summed E-state index contributed by atoms with van der Waals surface area (Å²) >= 11 is 24.4. The second kappa shape index (κ2) is 47.2. The molecule has 0 aliphatic carbocycles. The van der Waals surface area contributed by atoms with Crippen LogP contribution in [0.1, 0.15) is 231 Å². The summed E-state index contributed by atoms with van der Waals surface area (Å²) in [6, 6.07) is 36.9. The van der Waals surface area contributed by atoms with Gasteiger partial charge in [-0.1, -0.05) is 188 Å². The number of aryl methyl sites for hydroxylation is 1. The number of carbonyl (C=O) groups excluding carboxylic acids is 4. The van der Waals surface area contributed by atoms with E-state index in [9.17, 15) is 79.2 Å². The van der Waals surface area contributed by atoms with E-state index in [1.165, 1.54) is 76.9 Å². The number of aliphatic hydroxyl groups is 2. The van der Waals surface area contributed by atoms with Crippen molar-refractivity contribution >= 4 is 172 Å². The molecule has 39 heteroatoms. The zero-order chi connectivity index (χ0) is 106. The molecule has 12 aromatic rings. The number of ether oxygens (including phenoxy) is 2. The largest absolute Gasteiger partial charge is 1.00 e. The summed E-state index contributed by atoms with van der Waals surface area (Å²) in [7, 11) is -0.747. The van der Waals surface area contributed by atoms with E-state index in [1.54, 1.807) is 97.5 Å². The van der Waals surface area contributed by atoms with E-state index in [-0.39, 0.29) is 115 Å². The number of esters is 2. The minimum atomic E-state index is -4.64. The van der Waals surface area contributed by atoms with Gasteiger partial charge in [-0.25, -0.2) is 46.0 Å². The van der Waals surface area contributed by atoms with Crippen LogP contribution in [-0.2, 0) is 74.2 Å². The van der Waals surface area contributed by atoms with Crippen molar-refractivity contribution in [3.8, 4) is 22.8 Å². The van der Waals surface area contributed by atoms with Crippen molar-refractivity contribution in [2.24, 2.45) is 7.05 Å². The van der Waals surface area contributed by atoms with Crippen molar-refractivity contribution < 1.29 is 123 Å². The van der Waals surface area contributed by atoms with E-state index < -0.39 is 103 Å². The summed E-state index contributed by atoms with van der Waals surface area (Å²) in [5.41, 5.74) is 6.85. The average molecular weight is 2130 g/mol. The van der Waals surface area contributed by atoms with Crippen LogP contribution in [-0.4, -0.2) is 134 Å². The van der Waals surface area contributed by atoms with E-state index in [4.69, 9.17) is 59.4 Å². The van der Waals surface area contributed by atoms with Gasteiger partial charge in [-0.15, -0.1) is 34.9 Å². The maximum absolute atomic E-state index is 13.8. The summed E-state index contributed by atoms with van der Waals surface area (Å²) in [5.74, 6) is -4.88. The Morgan fingerprint density at radius 3 is 1.87 bits per heavy atom. The molecule has 1 aliphatic heterocycles. The normalized spacial score (nSPS) is 13.4. The fraction of sp³-hybridized carbons (Fsp3) is 0.365. The van der Waals surface area contributed by atoms with Crippen molar-refractivity contribution in [3.05, 3.63) is 253 Å². The smallest absolute Gasteiger partial charge is 0.550 e. The molecule has 4 aromatic heterocycles. The minimum Gasteiger partial charge on any atom is -0.550 e. The maximum atomic E-state index is 13.8. The first-order valence-electron chi connectivity index (χ1n) is 44.9. The molecule has 8 aromatic carbocycles. The topological polar surface area (TPSA) is 346 Å². The number of carbonyl (C=O) groups is 5. The zero-order valence-electron chi connectivity index (χ0n) is 83.4. The van der Waals surface area contributed by atoms with Crippen LogP contribution >= 0.6 is 81.4 Å². The third-order valence-electron chi connectivity index (χ3n) is 21.9. The predicted molar refractivity (Wildman–Crippen MR) is 549 cm³/mol. The van der Waals surface area contributed by atoms with Gasteiger partial charge in [0.2, 0.25) is 11.9 Å². The number of rotatable bonds is 26. The first kappa shape index (κ1) is 117. The molecule has 143 heavy (non-hydrogen) atoms. The number of anilines is 3. The number of para-hydroxylation sites is 1. The zero-order valence-corrected chi connectivity index (χ0v) is 91.8. The molecule has 0 radical (unpaired) electrons. The van der Waals surface area contributed by atoms with Gasteiger partial charge in [-0.3, -0.25) is 24.0 Å². The summed E-state index contributed by atoms with van der Waals surface area (Å²) in [5, 5.41) is 56.4. The molecule has 5 heterocycles. The van der Waals surface area contributed by atoms with Gasteiger partial charge in [0.25, 0.3) is 15.9 Å². The number of nitrogens with one attached hydrogen (secondary N) is 2. The number of alkyl halides is 3. The third-order valence-corrected chi connectivity index (χ3v) is 29.1. The number of phenols is 1. The van der Waals surface area contributed by atoms with Gasteiger partial charge in [0.05, 0.1) is 89.4 Å². The van der Waals surface area contributed by atoms with Crippen LogP contribution in [0.3, 0.4) is 0 Å². The molecule has 6 N–H and O–H groups in total. The van der Waals surface area contributed by atoms with Crippen LogP contribution in [0.25, 0.3) is 44.0 Å². The van der Waals surface area contributed by atoms with E-state index in [0.29, 0.717) is 73.7 Å². The average Bonchev–Trinajstić information content (AvgIpc) is 1.60. The number of aliphatic hydroxyl groups excluding tert-OH is 2. The Balaban J connectivity index is 0.000000213. The number of carboxylic acids is 2. The SMILES string of the molecule is CC(C)(Sc1cc(C(C)(C)C)c(O)c(C(C)(C)C)c1)Sc1cc(C(C)(C)C)c(OC(=O)CCC(=O)O)c(C(C)(C)C)c1.CC(C)OC(=O)C1=CN(C(=O)c2ccc(F)c(F)c2)CC(C)(C)c2c1[nH]c1ccccc21.CC(C)c1nc(N(C)c2ncnn2C)nc(-c2ccc(F)cc2)c1/C=C/[C@@H](O)C[C@@H](O)CC(=O)[O-].O=S(=O)(Nc1ccc(Sc2nc3cc(Cl)ccc3s2)c(Cl)c1)c1ccc(C(F)(F)F)cc1Cl.[Na+]. The standard InChI is InChI=1S/C35H52O5S2.C25H24F2N2O3.C24H29FN6O4.C20H10Cl3F3N2O2S3.Na/c1-31(2,3)23-17-21(18-24(29(23)39)32(4,5)6)41-35(13,14)42-22-19-25(33(7,8)9)30(26(20-22)34(10,11)12)40-28(38)16-15-27(36)37;1-14(2)32-24(31)17-12-29(23(30)15-9-10-18(26)19(27)11-15)13-25(3,4)21-16-7-5-6-8-20(16)28-22(17)21;1-14(2)21-19(10-9-17(32)11-18(33)12-20(34)35)22(15-5-7-16(25)8-6-15)29-23(28-21)30(3)24-26-13-27-31(24)4;21-11-2-4-17-15(8-11)27-19(32-17)31-16-5-3-12(9-13(16)22)28-33(29,30)18-6-1-10(7-14(18)23)20(24,25)26;/h17-20,39H,15-16H2,1-14H3,(H,36,37);5-12,14,28H,13H2,1-4H3;5-10,13-14,17-18,32-33H,11-12H2,1-4H3,(H,34,35);1-9,28H;/q;;;;+1/p-1/b;;10-9+;;/t;;17-,18-;;/m..1../s1. The number of phenolic OH excluding ortho intramolecular Hbond substituents is 1. The van der Waals surface area contributed by atoms with Crippen molar-refractivity contribution in [2.45, 2.75) is 250 Å². The van der Waals surface area contributed by atoms with E-state index >= 15 is 0 Å². The second-order valence-electron chi connectivity index (χ2n) is 39.6. The van der Waals surface area contributed by atoms with E-state index in [2.05, 4.69) is 146 Å². The Hall–Kier alpha value is -9.99. The Morgan fingerprint density at radius 1 is 0.727 bits per heavy atom. The molecule has 758 valence electrons. The number of halogens is 9. The molecule has 0 fully saturated rings. The maximum Gasteiger partial charge on any atom is 1.00 e. The van der Waals surface area contributed by atoms with Crippen LogP contribution in [0, 0.1) is 17.5 Å². The number of aliphatic carboxylic acids is 2. The van der Waals surface area contributed by atoms with Gasteiger partial charge in [0, 0.05) is 121 Å². The van der Waals surface area contributed by atoms with Crippen LogP contribution in [0.4, 0.5) is 43.9 Å². The summed E-state index contributed by atoms with van der Waals surface area (Å²) in [6.45, 7) is 41.3. The number of aromatic amines is 1. The number of amides is 1. The molecule has 0 saturated carbocycles. The van der Waals surface area contributed by atoms with Gasteiger partial charge in [0.15, 0.2) is 16.0 Å². The quantitative estimate of drug-likeness (QED) is 0.00732. The number of H-pyrrole nitrogens is 1. The van der Waals surface area contributed by atoms with Gasteiger partial charge in [-0.2, -0.15) is 23.3 Å². The molecular formula is C104H114Cl3F6N10NaO14S5. The number of nitrogens with zero attached hydrogens (tertiary/aromatic N) is 8. The number of hydrogen-bond acceptors (Lipinski definition) is 23. The molecule has 1 amide bonds. The molecule has 0 spiro atoms. The first-order chi connectivity index (χ1) is 65.8. The fourth-order valence-corrected chi connectivity index (χ4v) is 21.8. The number of carboxylic acid groups (broad SMARTS) is 2. The monoisotopic (exact) mass is 2130 g/mol. The molecule has 24 nitrogen and oxygen atoms in total. The fourth-order valence-electron chi connectivity index (χ4n) is 15.2. The first-order valence-corrected chi connectivity index (χ1v) is 50.8. The number of fused-ring (bicyclic) bond motifs is 4. The summed E-state index contributed by atoms with van der Waals surface area (Å²) in [6.07, 6.45) is -2.62. The van der Waals surface area contributed by atoms with Crippen LogP contribution < -0.4 is 49.0 Å². The number of hydrogen-bond donors (Lipinski definition) is 6. The Kier molecular flexibility index (Phi) is 38.5. The van der Waals surface area contributed by atoms with Gasteiger partial charge >= 0.3 is 53.6 Å². The second-order valence-corrected chi connectivity index (χ2v) is 48.5. The van der Waals surface area contributed by atoms with Crippen LogP contribution in [0.15, 0.2) is 188 Å². The number of thioether (sulfide) groups is 2. The van der Waals surface area contributed by atoms with Gasteiger partial charge in [0.1, 0.15) is 28.5 Å². The molecular weight excluding hydrogens is 2020 g/mol. The summed E-state index contributed by atoms with van der Waals surface area (Å²) < 4.78 is 121. The minimum absolute atomic E-state index is 0. The number of benzene rings is 8. The number of sulfonamides is 1. The van der Waals surface area contributed by atoms with Gasteiger partial charge in [-0.05, 0) is 188 Å². The molecule has 13 rings (SSSR count). The van der Waals surface area contributed by atoms with Crippen molar-refractivity contribution in [3.63, 3.8) is 0 Å². The van der Waals surface area contributed by atoms with Crippen LogP contribution in [0.5, 0.6) is 11.5 Å². The Morgan fingerprint density at radius 2 is 1.33 bits per heavy atom. The van der Waals surface area contributed by atoms with Crippen LogP contribution in [0.2, 0.25) is 15.1 Å². The number of thiazole rings is 1. The third kappa shape index (κ3) is 30.8. The molecule has 0 saturated heterocycles. The number of aromatic hydroxyl groups is 1. The van der Waals surface area contributed by atoms with Crippen molar-refractivity contribution in [1.82, 2.24) is 39.6 Å². The van der Waals surface area contributed by atoms with Gasteiger partial charge < -0.3 is 49.7 Å². The molecule has 0 unspecified atom stereocenters. The molecule has 1 aliphatic rings. The van der Waals surface area contributed by atoms with E-state index in [0.717, 1.165) is 81.3 Å². The van der Waals surface area contributed by atoms with Crippen molar-refractivity contribution in [1.29, 1.82) is 0 Å². The Bertz CT molecular complexity index is 6820. The number of aromatic nitrogens is 7. The Labute approximate surface area is 882 Å². The predicted octanol–water partition coefficient (Wildman–Crippen LogP) is 21.9.